The van der Waals surface area contributed by atoms with E-state index in [0.29, 0.717) is 0 Å². The van der Waals surface area contributed by atoms with E-state index >= 15 is 0 Å². The highest BCUT2D eigenvalue weighted by Gasteiger charge is 2.49. The van der Waals surface area contributed by atoms with E-state index in [1.54, 1.807) is 0 Å². The fourth-order valence-electron chi connectivity index (χ4n) is 4.74. The first-order valence-electron chi connectivity index (χ1n) is 7.71. The smallest absolute Gasteiger partial charge is 0.0155 e. The largest absolute Gasteiger partial charge is 0.294 e. The molecule has 0 radical (unpaired) electrons. The molecular formula is C16H31N. The second kappa shape index (κ2) is 4.91. The Balaban J connectivity index is 2.25. The second-order valence-electron chi connectivity index (χ2n) is 7.31. The topological polar surface area (TPSA) is 3.24 Å². The second-order valence-corrected chi connectivity index (χ2v) is 7.31. The summed E-state index contributed by atoms with van der Waals surface area (Å²) < 4.78 is 0. The minimum Gasteiger partial charge on any atom is -0.294 e. The Bertz CT molecular complexity index is 256. The zero-order valence-corrected chi connectivity index (χ0v) is 12.6. The third-order valence-electron chi connectivity index (χ3n) is 5.27. The molecule has 2 bridgehead atoms. The highest BCUT2D eigenvalue weighted by molar-refractivity contribution is 5.02. The summed E-state index contributed by atoms with van der Waals surface area (Å²) >= 11 is 0. The third-order valence-corrected chi connectivity index (χ3v) is 5.27. The maximum absolute atomic E-state index is 2.86. The van der Waals surface area contributed by atoms with Crippen molar-refractivity contribution in [3.8, 4) is 0 Å². The van der Waals surface area contributed by atoms with Gasteiger partial charge in [-0.15, -0.1) is 0 Å². The van der Waals surface area contributed by atoms with Crippen LogP contribution < -0.4 is 0 Å². The van der Waals surface area contributed by atoms with Gasteiger partial charge in [-0.25, -0.2) is 0 Å². The summed E-state index contributed by atoms with van der Waals surface area (Å²) in [5, 5.41) is 0. The molecule has 0 aromatic carbocycles. The van der Waals surface area contributed by atoms with Crippen LogP contribution in [-0.4, -0.2) is 23.0 Å². The van der Waals surface area contributed by atoms with Crippen molar-refractivity contribution in [1.29, 1.82) is 0 Å². The summed E-state index contributed by atoms with van der Waals surface area (Å²) in [6.45, 7) is 14.5. The van der Waals surface area contributed by atoms with E-state index in [1.165, 1.54) is 19.3 Å². The minimum atomic E-state index is 0.725. The molecule has 0 aromatic rings. The van der Waals surface area contributed by atoms with Crippen LogP contribution in [0.2, 0.25) is 0 Å². The highest BCUT2D eigenvalue weighted by Crippen LogP contribution is 2.48. The van der Waals surface area contributed by atoms with E-state index in [9.17, 15) is 0 Å². The molecular weight excluding hydrogens is 206 g/mol. The summed E-state index contributed by atoms with van der Waals surface area (Å²) in [4.78, 5) is 2.86. The van der Waals surface area contributed by atoms with Crippen molar-refractivity contribution in [2.75, 3.05) is 0 Å². The number of hydrogen-bond acceptors (Lipinski definition) is 1. The van der Waals surface area contributed by atoms with Crippen LogP contribution in [-0.2, 0) is 0 Å². The molecule has 1 nitrogen and oxygen atoms in total. The van der Waals surface area contributed by atoms with Gasteiger partial charge in [0.05, 0.1) is 0 Å². The van der Waals surface area contributed by atoms with Crippen LogP contribution in [0.4, 0.5) is 0 Å². The van der Waals surface area contributed by atoms with Crippen LogP contribution in [0.5, 0.6) is 0 Å². The van der Waals surface area contributed by atoms with E-state index in [-0.39, 0.29) is 0 Å². The Kier molecular flexibility index (Phi) is 3.87. The van der Waals surface area contributed by atoms with Gasteiger partial charge in [0.25, 0.3) is 0 Å². The van der Waals surface area contributed by atoms with E-state index in [4.69, 9.17) is 0 Å². The zero-order chi connectivity index (χ0) is 12.7. The van der Waals surface area contributed by atoms with Crippen LogP contribution in [0.3, 0.4) is 0 Å². The van der Waals surface area contributed by atoms with Crippen LogP contribution in [0.25, 0.3) is 0 Å². The molecule has 3 rings (SSSR count). The normalized spacial score (nSPS) is 38.6. The van der Waals surface area contributed by atoms with Gasteiger partial charge in [-0.3, -0.25) is 4.90 Å². The molecule has 2 aliphatic heterocycles. The van der Waals surface area contributed by atoms with Crippen molar-refractivity contribution in [3.63, 3.8) is 0 Å². The van der Waals surface area contributed by atoms with Crippen molar-refractivity contribution >= 4 is 0 Å². The van der Waals surface area contributed by atoms with Gasteiger partial charge in [-0.1, -0.05) is 27.7 Å². The summed E-state index contributed by atoms with van der Waals surface area (Å²) in [6.07, 6.45) is 4.40. The lowest BCUT2D eigenvalue weighted by Crippen LogP contribution is -2.62. The molecule has 4 atom stereocenters. The summed E-state index contributed by atoms with van der Waals surface area (Å²) in [7, 11) is 0. The SMILES string of the molecule is CC(C)C1CC2CCC1C(C(C)C)N2C(C)C. The molecule has 1 heteroatoms. The first-order chi connectivity index (χ1) is 7.93. The highest BCUT2D eigenvalue weighted by atomic mass is 15.2. The number of hydrogen-bond donors (Lipinski definition) is 0. The van der Waals surface area contributed by atoms with Crippen molar-refractivity contribution in [2.24, 2.45) is 23.7 Å². The number of nitrogens with zero attached hydrogens (tertiary/aromatic N) is 1. The molecule has 0 amide bonds. The molecule has 100 valence electrons. The minimum absolute atomic E-state index is 0.725. The maximum atomic E-state index is 2.86. The quantitative estimate of drug-likeness (QED) is 0.712. The van der Waals surface area contributed by atoms with Gasteiger partial charge in [-0.2, -0.15) is 0 Å². The standard InChI is InChI=1S/C16H31N/c1-10(2)15-9-13-7-8-14(15)16(11(3)4)17(13)12(5)6/h10-16H,7-9H2,1-6H3. The molecule has 3 aliphatic rings. The van der Waals surface area contributed by atoms with Gasteiger partial charge in [0, 0.05) is 18.1 Å². The molecule has 2 saturated heterocycles. The lowest BCUT2D eigenvalue weighted by Gasteiger charge is -2.59. The Hall–Kier alpha value is -0.0400. The van der Waals surface area contributed by atoms with E-state index in [2.05, 4.69) is 46.4 Å². The number of piperidine rings is 2. The van der Waals surface area contributed by atoms with Crippen LogP contribution in [0, 0.1) is 23.7 Å². The third kappa shape index (κ3) is 2.28. The van der Waals surface area contributed by atoms with Crippen molar-refractivity contribution < 1.29 is 0 Å². The van der Waals surface area contributed by atoms with Crippen molar-refractivity contribution in [2.45, 2.75) is 78.9 Å². The molecule has 1 saturated carbocycles. The monoisotopic (exact) mass is 237 g/mol. The molecule has 0 spiro atoms. The fraction of sp³-hybridized carbons (Fsp3) is 1.00. The van der Waals surface area contributed by atoms with E-state index < -0.39 is 0 Å². The van der Waals surface area contributed by atoms with Gasteiger partial charge in [0.2, 0.25) is 0 Å². The number of rotatable bonds is 3. The van der Waals surface area contributed by atoms with Crippen LogP contribution in [0.1, 0.15) is 60.8 Å². The number of fused-ring (bicyclic) bond motifs is 3. The van der Waals surface area contributed by atoms with Gasteiger partial charge in [-0.05, 0) is 56.8 Å². The molecule has 3 fully saturated rings. The summed E-state index contributed by atoms with van der Waals surface area (Å²) in [6, 6.07) is 2.44. The molecule has 0 N–H and O–H groups in total. The molecule has 1 aliphatic carbocycles. The lowest BCUT2D eigenvalue weighted by atomic mass is 9.62. The lowest BCUT2D eigenvalue weighted by molar-refractivity contribution is -0.0957. The molecule has 2 heterocycles. The summed E-state index contributed by atoms with van der Waals surface area (Å²) in [5.74, 6) is 3.63. The average Bonchev–Trinajstić information content (AvgIpc) is 2.27. The van der Waals surface area contributed by atoms with Crippen molar-refractivity contribution in [1.82, 2.24) is 4.90 Å². The summed E-state index contributed by atoms with van der Waals surface area (Å²) in [5.41, 5.74) is 0. The van der Waals surface area contributed by atoms with E-state index in [1.807, 2.05) is 0 Å². The predicted molar refractivity (Wildman–Crippen MR) is 75.1 cm³/mol. The van der Waals surface area contributed by atoms with Crippen LogP contribution in [0.15, 0.2) is 0 Å². The fourth-order valence-corrected chi connectivity index (χ4v) is 4.74. The van der Waals surface area contributed by atoms with Gasteiger partial charge in [0.15, 0.2) is 0 Å². The Morgan fingerprint density at radius 2 is 1.53 bits per heavy atom. The Morgan fingerprint density at radius 1 is 0.882 bits per heavy atom. The predicted octanol–water partition coefficient (Wildman–Crippen LogP) is 4.18. The van der Waals surface area contributed by atoms with Crippen molar-refractivity contribution in [3.05, 3.63) is 0 Å². The maximum Gasteiger partial charge on any atom is 0.0155 e. The average molecular weight is 237 g/mol. The first kappa shape index (κ1) is 13.4. The van der Waals surface area contributed by atoms with Gasteiger partial charge in [0.1, 0.15) is 0 Å². The zero-order valence-electron chi connectivity index (χ0n) is 12.6. The van der Waals surface area contributed by atoms with Crippen LogP contribution >= 0.6 is 0 Å². The molecule has 17 heavy (non-hydrogen) atoms. The molecule has 0 aromatic heterocycles. The Morgan fingerprint density at radius 3 is 2.00 bits per heavy atom. The Labute approximate surface area is 108 Å². The van der Waals surface area contributed by atoms with Gasteiger partial charge < -0.3 is 0 Å². The van der Waals surface area contributed by atoms with Gasteiger partial charge >= 0.3 is 0 Å². The molecule has 4 unspecified atom stereocenters. The van der Waals surface area contributed by atoms with E-state index in [0.717, 1.165) is 41.8 Å². The first-order valence-corrected chi connectivity index (χ1v) is 7.71.